The first-order valence-corrected chi connectivity index (χ1v) is 7.47. The molecule has 1 atom stereocenters. The summed E-state index contributed by atoms with van der Waals surface area (Å²) in [6.45, 7) is 0.406. The minimum absolute atomic E-state index is 0.0107. The molecule has 1 fully saturated rings. The number of ether oxygens (including phenoxy) is 1. The van der Waals surface area contributed by atoms with Crippen LogP contribution in [-0.2, 0) is 9.53 Å². The van der Waals surface area contributed by atoms with Gasteiger partial charge in [-0.15, -0.1) is 0 Å². The molecule has 0 bridgehead atoms. The number of pyridine rings is 1. The van der Waals surface area contributed by atoms with E-state index in [1.54, 1.807) is 30.5 Å². The molecule has 6 nitrogen and oxygen atoms in total. The van der Waals surface area contributed by atoms with Crippen molar-refractivity contribution in [2.75, 3.05) is 20.3 Å². The minimum Gasteiger partial charge on any atom is -0.479 e. The number of fused-ring (bicyclic) bond motifs is 1. The van der Waals surface area contributed by atoms with Gasteiger partial charge in [0, 0.05) is 30.8 Å². The minimum atomic E-state index is -1.28. The van der Waals surface area contributed by atoms with E-state index in [-0.39, 0.29) is 12.5 Å². The number of hydrogen-bond donors (Lipinski definition) is 1. The van der Waals surface area contributed by atoms with Gasteiger partial charge in [-0.2, -0.15) is 0 Å². The van der Waals surface area contributed by atoms with Gasteiger partial charge in [-0.3, -0.25) is 9.78 Å². The van der Waals surface area contributed by atoms with Gasteiger partial charge in [-0.1, -0.05) is 6.07 Å². The van der Waals surface area contributed by atoms with E-state index in [0.717, 1.165) is 10.9 Å². The van der Waals surface area contributed by atoms with E-state index < -0.39 is 11.5 Å². The molecule has 2 aromatic rings. The molecule has 1 amide bonds. The van der Waals surface area contributed by atoms with Crippen molar-refractivity contribution in [3.63, 3.8) is 0 Å². The maximum atomic E-state index is 12.9. The zero-order valence-electron chi connectivity index (χ0n) is 12.9. The van der Waals surface area contributed by atoms with E-state index >= 15 is 0 Å². The Morgan fingerprint density at radius 3 is 2.96 bits per heavy atom. The summed E-state index contributed by atoms with van der Waals surface area (Å²) in [5.41, 5.74) is -0.0172. The molecule has 1 N–H and O–H groups in total. The largest absolute Gasteiger partial charge is 0.479 e. The first-order chi connectivity index (χ1) is 11.1. The van der Waals surface area contributed by atoms with Crippen LogP contribution in [0.1, 0.15) is 23.2 Å². The third kappa shape index (κ3) is 2.55. The van der Waals surface area contributed by atoms with Crippen molar-refractivity contribution in [1.29, 1.82) is 0 Å². The Hall–Kier alpha value is -2.47. The van der Waals surface area contributed by atoms with E-state index in [2.05, 4.69) is 4.98 Å². The number of carboxylic acid groups (broad SMARTS) is 1. The summed E-state index contributed by atoms with van der Waals surface area (Å²) in [6.07, 6.45) is 2.74. The highest BCUT2D eigenvalue weighted by Gasteiger charge is 2.50. The van der Waals surface area contributed by atoms with Crippen LogP contribution >= 0.6 is 0 Å². The van der Waals surface area contributed by atoms with Crippen LogP contribution in [0.15, 0.2) is 36.5 Å². The highest BCUT2D eigenvalue weighted by molar-refractivity contribution is 6.00. The molecular weight excluding hydrogens is 296 g/mol. The summed E-state index contributed by atoms with van der Waals surface area (Å²) >= 11 is 0. The monoisotopic (exact) mass is 314 g/mol. The lowest BCUT2D eigenvalue weighted by Crippen LogP contribution is -2.56. The summed E-state index contributed by atoms with van der Waals surface area (Å²) in [7, 11) is 1.45. The number of rotatable bonds is 4. The van der Waals surface area contributed by atoms with E-state index in [1.165, 1.54) is 12.0 Å². The predicted molar refractivity (Wildman–Crippen MR) is 84.3 cm³/mol. The second-order valence-corrected chi connectivity index (χ2v) is 5.74. The molecular formula is C17H18N2O4. The number of aliphatic carboxylic acids is 1. The molecule has 120 valence electrons. The Balaban J connectivity index is 1.98. The molecule has 1 aliphatic heterocycles. The Bertz CT molecular complexity index is 761. The molecule has 3 rings (SSSR count). The average molecular weight is 314 g/mol. The van der Waals surface area contributed by atoms with Crippen LogP contribution in [0.3, 0.4) is 0 Å². The molecule has 6 heteroatoms. The first-order valence-electron chi connectivity index (χ1n) is 7.47. The molecule has 0 saturated carbocycles. The lowest BCUT2D eigenvalue weighted by Gasteiger charge is -2.34. The van der Waals surface area contributed by atoms with Crippen LogP contribution in [0.4, 0.5) is 0 Å². The second kappa shape index (κ2) is 5.96. The van der Waals surface area contributed by atoms with Crippen molar-refractivity contribution >= 4 is 22.8 Å². The van der Waals surface area contributed by atoms with Gasteiger partial charge in [-0.25, -0.2) is 4.79 Å². The van der Waals surface area contributed by atoms with Gasteiger partial charge >= 0.3 is 5.97 Å². The third-order valence-corrected chi connectivity index (χ3v) is 4.37. The van der Waals surface area contributed by atoms with Crippen LogP contribution in [0.5, 0.6) is 0 Å². The van der Waals surface area contributed by atoms with Gasteiger partial charge in [0.15, 0.2) is 5.54 Å². The number of nitrogens with zero attached hydrogens (tertiary/aromatic N) is 2. The van der Waals surface area contributed by atoms with E-state index in [4.69, 9.17) is 4.74 Å². The fraction of sp³-hybridized carbons (Fsp3) is 0.353. The first kappa shape index (κ1) is 15.4. The molecule has 0 radical (unpaired) electrons. The van der Waals surface area contributed by atoms with Crippen molar-refractivity contribution in [2.24, 2.45) is 0 Å². The molecule has 23 heavy (non-hydrogen) atoms. The summed E-state index contributed by atoms with van der Waals surface area (Å²) in [6, 6.07) is 8.90. The summed E-state index contributed by atoms with van der Waals surface area (Å²) in [4.78, 5) is 30.3. The van der Waals surface area contributed by atoms with E-state index in [0.29, 0.717) is 24.9 Å². The Morgan fingerprint density at radius 1 is 1.39 bits per heavy atom. The summed E-state index contributed by atoms with van der Waals surface area (Å²) < 4.78 is 5.09. The molecule has 1 aromatic heterocycles. The summed E-state index contributed by atoms with van der Waals surface area (Å²) in [5.74, 6) is -1.31. The van der Waals surface area contributed by atoms with Crippen LogP contribution in [0, 0.1) is 0 Å². The Labute approximate surface area is 133 Å². The lowest BCUT2D eigenvalue weighted by atomic mass is 9.96. The molecule has 0 aliphatic carbocycles. The number of carbonyl (C=O) groups is 2. The Morgan fingerprint density at radius 2 is 2.22 bits per heavy atom. The van der Waals surface area contributed by atoms with Crippen molar-refractivity contribution in [1.82, 2.24) is 9.88 Å². The quantitative estimate of drug-likeness (QED) is 0.933. The number of hydrogen-bond acceptors (Lipinski definition) is 4. The number of carboxylic acids is 1. The maximum Gasteiger partial charge on any atom is 0.332 e. The molecule has 0 spiro atoms. The predicted octanol–water partition coefficient (Wildman–Crippen LogP) is 1.94. The number of benzene rings is 1. The highest BCUT2D eigenvalue weighted by Crippen LogP contribution is 2.32. The van der Waals surface area contributed by atoms with Gasteiger partial charge in [0.2, 0.25) is 0 Å². The lowest BCUT2D eigenvalue weighted by molar-refractivity contribution is -0.151. The molecule has 2 heterocycles. The second-order valence-electron chi connectivity index (χ2n) is 5.74. The van der Waals surface area contributed by atoms with Crippen LogP contribution in [0.2, 0.25) is 0 Å². The van der Waals surface area contributed by atoms with Crippen molar-refractivity contribution < 1.29 is 19.4 Å². The normalized spacial score (nSPS) is 20.8. The SMILES string of the molecule is COCC1(C(=O)O)CCCN1C(=O)c1ccc2ncccc2c1. The highest BCUT2D eigenvalue weighted by atomic mass is 16.5. The Kier molecular flexibility index (Phi) is 4.00. The third-order valence-electron chi connectivity index (χ3n) is 4.37. The number of amides is 1. The molecule has 1 unspecified atom stereocenters. The van der Waals surface area contributed by atoms with Gasteiger partial charge in [0.05, 0.1) is 12.1 Å². The van der Waals surface area contributed by atoms with Crippen molar-refractivity contribution in [2.45, 2.75) is 18.4 Å². The van der Waals surface area contributed by atoms with Gasteiger partial charge in [-0.05, 0) is 37.1 Å². The van der Waals surface area contributed by atoms with Crippen molar-refractivity contribution in [3.8, 4) is 0 Å². The van der Waals surface area contributed by atoms with Gasteiger partial charge < -0.3 is 14.7 Å². The van der Waals surface area contributed by atoms with Crippen LogP contribution < -0.4 is 0 Å². The number of methoxy groups -OCH3 is 1. The standard InChI is InChI=1S/C17H18N2O4/c1-23-11-17(16(21)22)7-3-9-19(17)15(20)13-5-6-14-12(10-13)4-2-8-18-14/h2,4-6,8,10H,3,7,9,11H2,1H3,(H,21,22). The smallest absolute Gasteiger partial charge is 0.332 e. The van der Waals surface area contributed by atoms with Crippen molar-refractivity contribution in [3.05, 3.63) is 42.1 Å². The summed E-state index contributed by atoms with van der Waals surface area (Å²) in [5, 5.41) is 10.5. The number of carbonyl (C=O) groups excluding carboxylic acids is 1. The van der Waals surface area contributed by atoms with Gasteiger partial charge in [0.25, 0.3) is 5.91 Å². The fourth-order valence-electron chi connectivity index (χ4n) is 3.21. The number of aromatic nitrogens is 1. The van der Waals surface area contributed by atoms with E-state index in [1.807, 2.05) is 6.07 Å². The topological polar surface area (TPSA) is 79.7 Å². The van der Waals surface area contributed by atoms with Crippen LogP contribution in [0.25, 0.3) is 10.9 Å². The van der Waals surface area contributed by atoms with Crippen LogP contribution in [-0.4, -0.2) is 52.7 Å². The zero-order valence-corrected chi connectivity index (χ0v) is 12.9. The van der Waals surface area contributed by atoms with E-state index in [9.17, 15) is 14.7 Å². The fourth-order valence-corrected chi connectivity index (χ4v) is 3.21. The zero-order chi connectivity index (χ0) is 16.4. The molecule has 1 saturated heterocycles. The molecule has 1 aromatic carbocycles. The molecule has 1 aliphatic rings. The maximum absolute atomic E-state index is 12.9. The number of likely N-dealkylation sites (tertiary alicyclic amines) is 1. The average Bonchev–Trinajstić information content (AvgIpc) is 2.99. The van der Waals surface area contributed by atoms with Gasteiger partial charge in [0.1, 0.15) is 0 Å².